The van der Waals surface area contributed by atoms with Crippen LogP contribution in [-0.2, 0) is 4.74 Å². The first-order valence-corrected chi connectivity index (χ1v) is 6.18. The Hall–Kier alpha value is -1.95. The molecule has 1 aromatic carbocycles. The van der Waals surface area contributed by atoms with Gasteiger partial charge in [-0.2, -0.15) is 0 Å². The van der Waals surface area contributed by atoms with Crippen LogP contribution in [0, 0.1) is 10.1 Å². The lowest BCUT2D eigenvalue weighted by Crippen LogP contribution is -2.28. The molecule has 19 heavy (non-hydrogen) atoms. The number of benzene rings is 1. The minimum absolute atomic E-state index is 0.0988. The molecule has 0 amide bonds. The van der Waals surface area contributed by atoms with Crippen LogP contribution in [0.25, 0.3) is 0 Å². The molecular weight excluding hydrogens is 248 g/mol. The molecule has 6 nitrogen and oxygen atoms in total. The molecular formula is C13H16N2O4. The van der Waals surface area contributed by atoms with E-state index in [0.29, 0.717) is 6.29 Å². The monoisotopic (exact) mass is 264 g/mol. The fourth-order valence-electron chi connectivity index (χ4n) is 2.24. The summed E-state index contributed by atoms with van der Waals surface area (Å²) in [5.41, 5.74) is 0.717. The Balaban J connectivity index is 2.15. The van der Waals surface area contributed by atoms with Crippen molar-refractivity contribution in [1.29, 1.82) is 0 Å². The summed E-state index contributed by atoms with van der Waals surface area (Å²) < 4.78 is 5.54. The van der Waals surface area contributed by atoms with E-state index in [0.717, 1.165) is 31.7 Å². The van der Waals surface area contributed by atoms with Crippen LogP contribution in [0.1, 0.15) is 23.2 Å². The number of nitro benzene ring substituents is 1. The number of nitrogens with zero attached hydrogens (tertiary/aromatic N) is 2. The van der Waals surface area contributed by atoms with Gasteiger partial charge in [0.25, 0.3) is 5.69 Å². The van der Waals surface area contributed by atoms with E-state index in [9.17, 15) is 14.9 Å². The van der Waals surface area contributed by atoms with Crippen LogP contribution in [0.15, 0.2) is 18.2 Å². The van der Waals surface area contributed by atoms with E-state index in [1.54, 1.807) is 12.1 Å². The Morgan fingerprint density at radius 1 is 1.58 bits per heavy atom. The second-order valence-electron chi connectivity index (χ2n) is 4.63. The van der Waals surface area contributed by atoms with Crippen LogP contribution < -0.4 is 4.90 Å². The Kier molecular flexibility index (Phi) is 4.11. The molecule has 0 bridgehead atoms. The highest BCUT2D eigenvalue weighted by atomic mass is 16.6. The van der Waals surface area contributed by atoms with Gasteiger partial charge in [-0.15, -0.1) is 0 Å². The highest BCUT2D eigenvalue weighted by Crippen LogP contribution is 2.24. The lowest BCUT2D eigenvalue weighted by Gasteiger charge is -2.22. The Bertz CT molecular complexity index is 484. The van der Waals surface area contributed by atoms with E-state index in [1.807, 2.05) is 11.9 Å². The lowest BCUT2D eigenvalue weighted by atomic mass is 10.1. The number of aldehydes is 1. The number of nitro groups is 1. The third kappa shape index (κ3) is 3.08. The van der Waals surface area contributed by atoms with Crippen LogP contribution in [-0.4, -0.2) is 37.5 Å². The van der Waals surface area contributed by atoms with Crippen LogP contribution in [0.3, 0.4) is 0 Å². The number of carbonyl (C=O) groups excluding carboxylic acids is 1. The molecule has 0 spiro atoms. The molecule has 1 unspecified atom stereocenters. The van der Waals surface area contributed by atoms with Gasteiger partial charge in [-0.1, -0.05) is 0 Å². The van der Waals surface area contributed by atoms with Crippen molar-refractivity contribution >= 4 is 17.7 Å². The minimum Gasteiger partial charge on any atom is -0.376 e. The molecule has 102 valence electrons. The van der Waals surface area contributed by atoms with E-state index in [-0.39, 0.29) is 17.4 Å². The Morgan fingerprint density at radius 3 is 2.95 bits per heavy atom. The predicted octanol–water partition coefficient (Wildman–Crippen LogP) is 2.02. The number of likely N-dealkylation sites (N-methyl/N-ethyl adjacent to an activating group) is 1. The zero-order chi connectivity index (χ0) is 13.8. The van der Waals surface area contributed by atoms with Crippen LogP contribution >= 0.6 is 0 Å². The van der Waals surface area contributed by atoms with Gasteiger partial charge < -0.3 is 9.64 Å². The molecule has 1 atom stereocenters. The number of anilines is 1. The van der Waals surface area contributed by atoms with Gasteiger partial charge >= 0.3 is 0 Å². The van der Waals surface area contributed by atoms with Crippen molar-refractivity contribution in [1.82, 2.24) is 0 Å². The lowest BCUT2D eigenvalue weighted by molar-refractivity contribution is -0.385. The highest BCUT2D eigenvalue weighted by Gasteiger charge is 2.19. The maximum atomic E-state index is 10.9. The summed E-state index contributed by atoms with van der Waals surface area (Å²) in [6.07, 6.45) is 2.80. The fraction of sp³-hybridized carbons (Fsp3) is 0.462. The van der Waals surface area contributed by atoms with Crippen LogP contribution in [0.2, 0.25) is 0 Å². The van der Waals surface area contributed by atoms with E-state index in [2.05, 4.69) is 0 Å². The molecule has 0 N–H and O–H groups in total. The normalized spacial score (nSPS) is 18.3. The topological polar surface area (TPSA) is 72.7 Å². The average Bonchev–Trinajstić information content (AvgIpc) is 2.90. The summed E-state index contributed by atoms with van der Waals surface area (Å²) in [5.74, 6) is 0. The van der Waals surface area contributed by atoms with Crippen molar-refractivity contribution in [2.75, 3.05) is 25.1 Å². The van der Waals surface area contributed by atoms with Crippen molar-refractivity contribution in [2.45, 2.75) is 18.9 Å². The van der Waals surface area contributed by atoms with E-state index in [4.69, 9.17) is 4.74 Å². The van der Waals surface area contributed by atoms with Crippen LogP contribution in [0.5, 0.6) is 0 Å². The van der Waals surface area contributed by atoms with E-state index < -0.39 is 4.92 Å². The molecule has 6 heteroatoms. The van der Waals surface area contributed by atoms with Crippen molar-refractivity contribution in [3.05, 3.63) is 33.9 Å². The molecule has 1 fully saturated rings. The third-order valence-electron chi connectivity index (χ3n) is 3.28. The van der Waals surface area contributed by atoms with Crippen molar-refractivity contribution in [3.63, 3.8) is 0 Å². The summed E-state index contributed by atoms with van der Waals surface area (Å²) in [5, 5.41) is 10.8. The average molecular weight is 264 g/mol. The van der Waals surface area contributed by atoms with Gasteiger partial charge in [0, 0.05) is 32.0 Å². The van der Waals surface area contributed by atoms with E-state index in [1.165, 1.54) is 6.07 Å². The fourth-order valence-corrected chi connectivity index (χ4v) is 2.24. The minimum atomic E-state index is -0.548. The van der Waals surface area contributed by atoms with Crippen molar-refractivity contribution in [2.24, 2.45) is 0 Å². The third-order valence-corrected chi connectivity index (χ3v) is 3.28. The smallest absolute Gasteiger partial charge is 0.280 e. The molecule has 0 radical (unpaired) electrons. The number of hydrogen-bond donors (Lipinski definition) is 0. The number of hydrogen-bond acceptors (Lipinski definition) is 5. The van der Waals surface area contributed by atoms with Gasteiger partial charge in [-0.05, 0) is 25.0 Å². The molecule has 1 heterocycles. The molecule has 1 aliphatic heterocycles. The van der Waals surface area contributed by atoms with Crippen LogP contribution in [0.4, 0.5) is 11.4 Å². The van der Waals surface area contributed by atoms with Gasteiger partial charge in [-0.3, -0.25) is 14.9 Å². The predicted molar refractivity (Wildman–Crippen MR) is 70.7 cm³/mol. The largest absolute Gasteiger partial charge is 0.376 e. The van der Waals surface area contributed by atoms with Gasteiger partial charge in [-0.25, -0.2) is 0 Å². The highest BCUT2D eigenvalue weighted by molar-refractivity contribution is 5.83. The first kappa shape index (κ1) is 13.5. The quantitative estimate of drug-likeness (QED) is 0.462. The van der Waals surface area contributed by atoms with Gasteiger partial charge in [0.15, 0.2) is 6.29 Å². The summed E-state index contributed by atoms with van der Waals surface area (Å²) in [4.78, 5) is 23.1. The zero-order valence-electron chi connectivity index (χ0n) is 10.7. The second kappa shape index (κ2) is 5.79. The molecule has 0 aliphatic carbocycles. The van der Waals surface area contributed by atoms with Gasteiger partial charge in [0.2, 0.25) is 0 Å². The standard InChI is InChI=1S/C13H16N2O4/c1-14(8-12-3-2-6-19-12)11-4-5-13(15(17)18)10(7-11)9-16/h4-5,7,9,12H,2-3,6,8H2,1H3. The SMILES string of the molecule is CN(CC1CCCO1)c1ccc([N+](=O)[O-])c(C=O)c1. The molecule has 0 aromatic heterocycles. The molecule has 1 saturated heterocycles. The summed E-state index contributed by atoms with van der Waals surface area (Å²) in [6, 6.07) is 4.56. The van der Waals surface area contributed by atoms with Gasteiger partial charge in [0.05, 0.1) is 16.6 Å². The molecule has 0 saturated carbocycles. The number of rotatable bonds is 5. The van der Waals surface area contributed by atoms with Gasteiger partial charge in [0.1, 0.15) is 0 Å². The first-order valence-electron chi connectivity index (χ1n) is 6.18. The molecule has 1 aromatic rings. The zero-order valence-corrected chi connectivity index (χ0v) is 10.7. The Morgan fingerprint density at radius 2 is 2.37 bits per heavy atom. The van der Waals surface area contributed by atoms with Crippen molar-refractivity contribution in [3.8, 4) is 0 Å². The summed E-state index contributed by atoms with van der Waals surface area (Å²) >= 11 is 0. The number of carbonyl (C=O) groups is 1. The Labute approximate surface area is 111 Å². The molecule has 1 aliphatic rings. The first-order chi connectivity index (χ1) is 9.11. The summed E-state index contributed by atoms with van der Waals surface area (Å²) in [7, 11) is 1.89. The maximum absolute atomic E-state index is 10.9. The van der Waals surface area contributed by atoms with Crippen molar-refractivity contribution < 1.29 is 14.5 Å². The second-order valence-corrected chi connectivity index (χ2v) is 4.63. The maximum Gasteiger partial charge on any atom is 0.280 e. The summed E-state index contributed by atoms with van der Waals surface area (Å²) in [6.45, 7) is 1.51. The van der Waals surface area contributed by atoms with E-state index >= 15 is 0 Å². The molecule has 2 rings (SSSR count). The number of ether oxygens (including phenoxy) is 1.